The highest BCUT2D eigenvalue weighted by atomic mass is 35.5. The van der Waals surface area contributed by atoms with Gasteiger partial charge in [0.25, 0.3) is 0 Å². The van der Waals surface area contributed by atoms with Gasteiger partial charge in [0.2, 0.25) is 17.7 Å². The van der Waals surface area contributed by atoms with Crippen molar-refractivity contribution in [2.24, 2.45) is 11.8 Å². The van der Waals surface area contributed by atoms with Crippen LogP contribution in [-0.2, 0) is 14.4 Å². The van der Waals surface area contributed by atoms with Gasteiger partial charge in [-0.25, -0.2) is 0 Å². The number of fused-ring (bicyclic) bond motifs is 1. The smallest absolute Gasteiger partial charge is 0.233 e. The van der Waals surface area contributed by atoms with Crippen molar-refractivity contribution in [3.05, 3.63) is 28.3 Å². The normalized spacial score (nSPS) is 22.9. The summed E-state index contributed by atoms with van der Waals surface area (Å²) in [7, 11) is 0. The summed E-state index contributed by atoms with van der Waals surface area (Å²) in [6.45, 7) is 3.96. The Bertz CT molecular complexity index is 684. The van der Waals surface area contributed by atoms with Crippen LogP contribution in [0.25, 0.3) is 0 Å². The average molecular weight is 363 g/mol. The van der Waals surface area contributed by atoms with Crippen molar-refractivity contribution in [3.63, 3.8) is 0 Å². The molecule has 0 spiro atoms. The first-order valence-electron chi connectivity index (χ1n) is 8.80. The van der Waals surface area contributed by atoms with Gasteiger partial charge in [0.1, 0.15) is 0 Å². The summed E-state index contributed by atoms with van der Waals surface area (Å²) >= 11 is 6.20. The highest BCUT2D eigenvalue weighted by Crippen LogP contribution is 2.38. The molecule has 3 amide bonds. The predicted octanol–water partition coefficient (Wildman–Crippen LogP) is 3.46. The zero-order valence-corrected chi connectivity index (χ0v) is 15.4. The van der Waals surface area contributed by atoms with Gasteiger partial charge in [-0.1, -0.05) is 30.5 Å². The molecule has 1 aliphatic carbocycles. The summed E-state index contributed by atoms with van der Waals surface area (Å²) < 4.78 is 0. The number of likely N-dealkylation sites (tertiary alicyclic amines) is 1. The Balaban J connectivity index is 1.61. The number of benzene rings is 1. The molecule has 1 N–H and O–H groups in total. The fourth-order valence-electron chi connectivity index (χ4n) is 3.94. The maximum Gasteiger partial charge on any atom is 0.233 e. The molecular formula is C19H23ClN2O3. The van der Waals surface area contributed by atoms with Crippen molar-refractivity contribution in [2.75, 3.05) is 11.9 Å². The number of halogens is 1. The van der Waals surface area contributed by atoms with E-state index in [1.54, 1.807) is 6.07 Å². The van der Waals surface area contributed by atoms with Crippen molar-refractivity contribution in [3.8, 4) is 0 Å². The number of anilines is 1. The first kappa shape index (κ1) is 17.9. The third kappa shape index (κ3) is 3.56. The SMILES string of the molecule is Cc1cc(C)c(NC(=O)CCN2C(=O)[C@H]3CCCC[C@H]3C2=O)c(Cl)c1. The second-order valence-corrected chi connectivity index (χ2v) is 7.47. The molecule has 0 aromatic heterocycles. The number of nitrogens with zero attached hydrogens (tertiary/aromatic N) is 1. The highest BCUT2D eigenvalue weighted by molar-refractivity contribution is 6.34. The van der Waals surface area contributed by atoms with E-state index >= 15 is 0 Å². The van der Waals surface area contributed by atoms with Crippen molar-refractivity contribution < 1.29 is 14.4 Å². The molecule has 1 aliphatic heterocycles. The molecule has 2 fully saturated rings. The van der Waals surface area contributed by atoms with Crippen molar-refractivity contribution in [2.45, 2.75) is 46.0 Å². The summed E-state index contributed by atoms with van der Waals surface area (Å²) in [6, 6.07) is 3.74. The van der Waals surface area contributed by atoms with E-state index in [2.05, 4.69) is 5.32 Å². The van der Waals surface area contributed by atoms with Gasteiger partial charge >= 0.3 is 0 Å². The summed E-state index contributed by atoms with van der Waals surface area (Å²) in [4.78, 5) is 38.4. The average Bonchev–Trinajstić information content (AvgIpc) is 2.81. The second-order valence-electron chi connectivity index (χ2n) is 7.06. The minimum Gasteiger partial charge on any atom is -0.324 e. The fourth-order valence-corrected chi connectivity index (χ4v) is 4.31. The standard InChI is InChI=1S/C19H23ClN2O3/c1-11-9-12(2)17(15(20)10-11)21-16(23)7-8-22-18(24)13-5-3-4-6-14(13)19(22)25/h9-10,13-14H,3-8H2,1-2H3,(H,21,23)/t13-,14+. The third-order valence-corrected chi connectivity index (χ3v) is 5.49. The van der Waals surface area contributed by atoms with Gasteiger partial charge in [0.05, 0.1) is 22.5 Å². The second kappa shape index (κ2) is 7.16. The van der Waals surface area contributed by atoms with Crippen molar-refractivity contribution in [1.29, 1.82) is 0 Å². The van der Waals surface area contributed by atoms with Crippen LogP contribution in [0.5, 0.6) is 0 Å². The molecule has 3 rings (SSSR count). The topological polar surface area (TPSA) is 66.5 Å². The number of imide groups is 1. The van der Waals surface area contributed by atoms with E-state index in [9.17, 15) is 14.4 Å². The molecule has 134 valence electrons. The van der Waals surface area contributed by atoms with Crippen LogP contribution in [0.1, 0.15) is 43.2 Å². The molecular weight excluding hydrogens is 340 g/mol. The molecule has 1 heterocycles. The predicted molar refractivity (Wildman–Crippen MR) is 96.3 cm³/mol. The van der Waals surface area contributed by atoms with Gasteiger partial charge in [-0.05, 0) is 43.9 Å². The zero-order valence-electron chi connectivity index (χ0n) is 14.6. The molecule has 1 saturated carbocycles. The van der Waals surface area contributed by atoms with Gasteiger partial charge in [-0.3, -0.25) is 19.3 Å². The van der Waals surface area contributed by atoms with E-state index < -0.39 is 0 Å². The Morgan fingerprint density at radius 1 is 1.16 bits per heavy atom. The Morgan fingerprint density at radius 3 is 2.32 bits per heavy atom. The Labute approximate surface area is 152 Å². The highest BCUT2D eigenvalue weighted by Gasteiger charge is 2.47. The molecule has 6 heteroatoms. The minimum atomic E-state index is -0.246. The molecule has 0 unspecified atom stereocenters. The number of carbonyl (C=O) groups excluding carboxylic acids is 3. The maximum atomic E-state index is 12.4. The van der Waals surface area contributed by atoms with Gasteiger partial charge in [0, 0.05) is 13.0 Å². The quantitative estimate of drug-likeness (QED) is 0.834. The first-order valence-corrected chi connectivity index (χ1v) is 9.18. The number of aryl methyl sites for hydroxylation is 2. The summed E-state index contributed by atoms with van der Waals surface area (Å²) in [6.07, 6.45) is 3.66. The van der Waals surface area contributed by atoms with Crippen LogP contribution in [0.4, 0.5) is 5.69 Å². The van der Waals surface area contributed by atoms with Crippen LogP contribution < -0.4 is 5.32 Å². The third-order valence-electron chi connectivity index (χ3n) is 5.19. The molecule has 1 aromatic carbocycles. The summed E-state index contributed by atoms with van der Waals surface area (Å²) in [5.74, 6) is -0.792. The number of nitrogens with one attached hydrogen (secondary N) is 1. The molecule has 2 aliphatic rings. The molecule has 1 saturated heterocycles. The van der Waals surface area contributed by atoms with Gasteiger partial charge in [-0.2, -0.15) is 0 Å². The molecule has 25 heavy (non-hydrogen) atoms. The van der Waals surface area contributed by atoms with Crippen LogP contribution in [0.15, 0.2) is 12.1 Å². The summed E-state index contributed by atoms with van der Waals surface area (Å²) in [5.41, 5.74) is 2.50. The molecule has 2 atom stereocenters. The number of carbonyl (C=O) groups is 3. The lowest BCUT2D eigenvalue weighted by Gasteiger charge is -2.19. The molecule has 5 nitrogen and oxygen atoms in total. The first-order chi connectivity index (χ1) is 11.9. The number of hydrogen-bond acceptors (Lipinski definition) is 3. The van der Waals surface area contributed by atoms with Crippen LogP contribution in [0, 0.1) is 25.7 Å². The monoisotopic (exact) mass is 362 g/mol. The van der Waals surface area contributed by atoms with Gasteiger partial charge < -0.3 is 5.32 Å². The zero-order chi connectivity index (χ0) is 18.1. The van der Waals surface area contributed by atoms with E-state index in [4.69, 9.17) is 11.6 Å². The molecule has 1 aromatic rings. The lowest BCUT2D eigenvalue weighted by Crippen LogP contribution is -2.34. The van der Waals surface area contributed by atoms with E-state index in [0.29, 0.717) is 10.7 Å². The number of rotatable bonds is 4. The largest absolute Gasteiger partial charge is 0.324 e. The lowest BCUT2D eigenvalue weighted by atomic mass is 9.81. The minimum absolute atomic E-state index is 0.0839. The van der Waals surface area contributed by atoms with Crippen LogP contribution in [0.2, 0.25) is 5.02 Å². The Kier molecular flexibility index (Phi) is 5.13. The van der Waals surface area contributed by atoms with Crippen molar-refractivity contribution in [1.82, 2.24) is 4.90 Å². The van der Waals surface area contributed by atoms with E-state index in [1.165, 1.54) is 4.90 Å². The van der Waals surface area contributed by atoms with Crippen LogP contribution >= 0.6 is 11.6 Å². The molecule has 0 bridgehead atoms. The van der Waals surface area contributed by atoms with E-state index in [1.807, 2.05) is 19.9 Å². The van der Waals surface area contributed by atoms with Crippen LogP contribution in [0.3, 0.4) is 0 Å². The number of amides is 3. The van der Waals surface area contributed by atoms with Gasteiger partial charge in [-0.15, -0.1) is 0 Å². The fraction of sp³-hybridized carbons (Fsp3) is 0.526. The molecule has 0 radical (unpaired) electrons. The van der Waals surface area contributed by atoms with E-state index in [-0.39, 0.29) is 42.5 Å². The van der Waals surface area contributed by atoms with Crippen molar-refractivity contribution >= 4 is 35.0 Å². The van der Waals surface area contributed by atoms with Crippen LogP contribution in [-0.4, -0.2) is 29.2 Å². The Hall–Kier alpha value is -1.88. The Morgan fingerprint density at radius 2 is 1.76 bits per heavy atom. The number of hydrogen-bond donors (Lipinski definition) is 1. The van der Waals surface area contributed by atoms with E-state index in [0.717, 1.165) is 36.8 Å². The maximum absolute atomic E-state index is 12.4. The lowest BCUT2D eigenvalue weighted by molar-refractivity contribution is -0.140. The summed E-state index contributed by atoms with van der Waals surface area (Å²) in [5, 5.41) is 3.29. The van der Waals surface area contributed by atoms with Gasteiger partial charge in [0.15, 0.2) is 0 Å².